The molecule has 0 radical (unpaired) electrons. The Morgan fingerprint density at radius 2 is 2.38 bits per heavy atom. The summed E-state index contributed by atoms with van der Waals surface area (Å²) in [6, 6.07) is 1.64. The maximum Gasteiger partial charge on any atom is 0.0921 e. The summed E-state index contributed by atoms with van der Waals surface area (Å²) in [4.78, 5) is 9.81. The summed E-state index contributed by atoms with van der Waals surface area (Å²) in [7, 11) is 0. The quantitative estimate of drug-likeness (QED) is 0.770. The first kappa shape index (κ1) is 10.3. The Labute approximate surface area is 96.4 Å². The smallest absolute Gasteiger partial charge is 0.0921 e. The van der Waals surface area contributed by atoms with E-state index in [-0.39, 0.29) is 0 Å². The van der Waals surface area contributed by atoms with Crippen molar-refractivity contribution in [3.8, 4) is 0 Å². The molecule has 1 aromatic rings. The molecule has 3 rings (SSSR count). The van der Waals surface area contributed by atoms with Gasteiger partial charge < -0.3 is 10.3 Å². The zero-order chi connectivity index (χ0) is 10.8. The van der Waals surface area contributed by atoms with Crippen LogP contribution in [-0.4, -0.2) is 46.6 Å². The number of aromatic nitrogens is 2. The molecule has 1 aliphatic carbocycles. The van der Waals surface area contributed by atoms with Gasteiger partial charge in [0.15, 0.2) is 0 Å². The first-order valence-corrected chi connectivity index (χ1v) is 6.36. The maximum absolute atomic E-state index is 4.02. The molecule has 0 bridgehead atoms. The number of rotatable bonds is 5. The number of imidazole rings is 1. The molecule has 1 aromatic heterocycles. The molecule has 1 saturated heterocycles. The molecule has 1 aliphatic heterocycles. The highest BCUT2D eigenvalue weighted by Gasteiger charge is 2.33. The van der Waals surface area contributed by atoms with E-state index in [2.05, 4.69) is 20.2 Å². The van der Waals surface area contributed by atoms with E-state index in [4.69, 9.17) is 0 Å². The lowest BCUT2D eigenvalue weighted by Gasteiger charge is -2.15. The van der Waals surface area contributed by atoms with E-state index < -0.39 is 0 Å². The van der Waals surface area contributed by atoms with Gasteiger partial charge in [0.2, 0.25) is 0 Å². The Morgan fingerprint density at radius 3 is 3.12 bits per heavy atom. The van der Waals surface area contributed by atoms with E-state index in [1.807, 2.05) is 6.20 Å². The molecule has 2 N–H and O–H groups in total. The van der Waals surface area contributed by atoms with E-state index in [1.54, 1.807) is 6.33 Å². The lowest BCUT2D eigenvalue weighted by atomic mass is 10.2. The minimum absolute atomic E-state index is 0.712. The van der Waals surface area contributed by atoms with Crippen LogP contribution in [0.3, 0.4) is 0 Å². The van der Waals surface area contributed by atoms with Crippen LogP contribution in [0, 0.1) is 0 Å². The molecular weight excluding hydrogens is 200 g/mol. The fourth-order valence-electron chi connectivity index (χ4n) is 2.56. The van der Waals surface area contributed by atoms with Crippen molar-refractivity contribution in [3.05, 3.63) is 18.2 Å². The lowest BCUT2D eigenvalue weighted by molar-refractivity contribution is 0.318. The van der Waals surface area contributed by atoms with Crippen LogP contribution in [0.2, 0.25) is 0 Å². The number of nitrogens with zero attached hydrogens (tertiary/aromatic N) is 2. The highest BCUT2D eigenvalue weighted by atomic mass is 15.2. The van der Waals surface area contributed by atoms with Crippen molar-refractivity contribution in [2.24, 2.45) is 0 Å². The van der Waals surface area contributed by atoms with Crippen molar-refractivity contribution in [2.45, 2.75) is 37.8 Å². The van der Waals surface area contributed by atoms with Gasteiger partial charge in [-0.3, -0.25) is 4.90 Å². The van der Waals surface area contributed by atoms with Gasteiger partial charge in [-0.25, -0.2) is 4.98 Å². The first-order valence-electron chi connectivity index (χ1n) is 6.36. The van der Waals surface area contributed by atoms with Crippen molar-refractivity contribution in [3.63, 3.8) is 0 Å². The first-order chi connectivity index (χ1) is 7.92. The van der Waals surface area contributed by atoms with Crippen LogP contribution in [-0.2, 0) is 6.42 Å². The Morgan fingerprint density at radius 1 is 1.44 bits per heavy atom. The van der Waals surface area contributed by atoms with Crippen molar-refractivity contribution in [2.75, 3.05) is 19.6 Å². The minimum Gasteiger partial charge on any atom is -0.348 e. The second kappa shape index (κ2) is 4.55. The number of aromatic amines is 1. The normalized spacial score (nSPS) is 26.4. The lowest BCUT2D eigenvalue weighted by Crippen LogP contribution is -2.34. The number of H-pyrrole nitrogens is 1. The Balaban J connectivity index is 1.36. The van der Waals surface area contributed by atoms with Crippen molar-refractivity contribution in [1.29, 1.82) is 0 Å². The summed E-state index contributed by atoms with van der Waals surface area (Å²) in [5, 5.41) is 3.64. The van der Waals surface area contributed by atoms with E-state index in [1.165, 1.54) is 38.0 Å². The summed E-state index contributed by atoms with van der Waals surface area (Å²) < 4.78 is 0. The zero-order valence-electron chi connectivity index (χ0n) is 9.65. The molecule has 0 aromatic carbocycles. The highest BCUT2D eigenvalue weighted by molar-refractivity contribution is 4.96. The van der Waals surface area contributed by atoms with Gasteiger partial charge in [-0.2, -0.15) is 0 Å². The van der Waals surface area contributed by atoms with Crippen LogP contribution < -0.4 is 5.32 Å². The fourth-order valence-corrected chi connectivity index (χ4v) is 2.56. The third-order valence-electron chi connectivity index (χ3n) is 3.67. The zero-order valence-corrected chi connectivity index (χ0v) is 9.65. The largest absolute Gasteiger partial charge is 0.348 e. The average molecular weight is 220 g/mol. The predicted octanol–water partition coefficient (Wildman–Crippen LogP) is 0.778. The molecule has 1 atom stereocenters. The van der Waals surface area contributed by atoms with Crippen LogP contribution in [0.25, 0.3) is 0 Å². The summed E-state index contributed by atoms with van der Waals surface area (Å²) in [6.07, 6.45) is 8.90. The summed E-state index contributed by atoms with van der Waals surface area (Å²) >= 11 is 0. The topological polar surface area (TPSA) is 44.0 Å². The predicted molar refractivity (Wildman–Crippen MR) is 63.3 cm³/mol. The van der Waals surface area contributed by atoms with Crippen molar-refractivity contribution < 1.29 is 0 Å². The number of likely N-dealkylation sites (tertiary alicyclic amines) is 1. The fraction of sp³-hybridized carbons (Fsp3) is 0.750. The molecule has 2 heterocycles. The number of nitrogens with one attached hydrogen (secondary N) is 2. The number of hydrogen-bond acceptors (Lipinski definition) is 3. The molecular formula is C12H20N4. The van der Waals surface area contributed by atoms with E-state index in [9.17, 15) is 0 Å². The molecule has 2 aliphatic rings. The monoisotopic (exact) mass is 220 g/mol. The molecule has 88 valence electrons. The molecule has 1 saturated carbocycles. The van der Waals surface area contributed by atoms with Gasteiger partial charge in [0.1, 0.15) is 0 Å². The molecule has 16 heavy (non-hydrogen) atoms. The molecule has 0 spiro atoms. The van der Waals surface area contributed by atoms with Crippen molar-refractivity contribution in [1.82, 2.24) is 20.2 Å². The van der Waals surface area contributed by atoms with E-state index >= 15 is 0 Å². The van der Waals surface area contributed by atoms with Gasteiger partial charge in [-0.1, -0.05) is 0 Å². The third-order valence-corrected chi connectivity index (χ3v) is 3.67. The van der Waals surface area contributed by atoms with Gasteiger partial charge in [-0.15, -0.1) is 0 Å². The minimum atomic E-state index is 0.712. The van der Waals surface area contributed by atoms with Gasteiger partial charge >= 0.3 is 0 Å². The second-order valence-electron chi connectivity index (χ2n) is 4.99. The number of hydrogen-bond donors (Lipinski definition) is 2. The molecule has 4 heteroatoms. The van der Waals surface area contributed by atoms with Crippen LogP contribution in [0.4, 0.5) is 0 Å². The van der Waals surface area contributed by atoms with Crippen molar-refractivity contribution >= 4 is 0 Å². The third kappa shape index (κ3) is 2.44. The molecule has 4 nitrogen and oxygen atoms in total. The Hall–Kier alpha value is -0.870. The van der Waals surface area contributed by atoms with E-state index in [0.717, 1.165) is 19.0 Å². The van der Waals surface area contributed by atoms with Crippen LogP contribution in [0.15, 0.2) is 12.5 Å². The molecule has 0 amide bonds. The Bertz CT molecular complexity index is 318. The molecule has 1 unspecified atom stereocenters. The van der Waals surface area contributed by atoms with Crippen LogP contribution >= 0.6 is 0 Å². The van der Waals surface area contributed by atoms with Gasteiger partial charge in [-0.05, 0) is 19.3 Å². The van der Waals surface area contributed by atoms with Gasteiger partial charge in [0.05, 0.1) is 6.33 Å². The van der Waals surface area contributed by atoms with Gasteiger partial charge in [0, 0.05) is 50.0 Å². The van der Waals surface area contributed by atoms with E-state index in [0.29, 0.717) is 6.04 Å². The summed E-state index contributed by atoms with van der Waals surface area (Å²) in [5.41, 5.74) is 1.23. The average Bonchev–Trinajstić information content (AvgIpc) is 2.83. The standard InChI is InChI=1S/C12H20N4/c1-2-12(1)16-6-4-11(8-16)14-5-3-10-7-13-9-15-10/h7,9,11-12,14H,1-6,8H2,(H,13,15). The SMILES string of the molecule is c1ncc(CCNC2CCN(C3CC3)C2)[nH]1. The Kier molecular flexibility index (Phi) is 2.93. The van der Waals surface area contributed by atoms with Gasteiger partial charge in [0.25, 0.3) is 0 Å². The summed E-state index contributed by atoms with van der Waals surface area (Å²) in [5.74, 6) is 0. The second-order valence-corrected chi connectivity index (χ2v) is 4.99. The summed E-state index contributed by atoms with van der Waals surface area (Å²) in [6.45, 7) is 3.62. The maximum atomic E-state index is 4.02. The van der Waals surface area contributed by atoms with Crippen LogP contribution in [0.1, 0.15) is 25.0 Å². The van der Waals surface area contributed by atoms with Crippen LogP contribution in [0.5, 0.6) is 0 Å². The molecule has 2 fully saturated rings. The highest BCUT2D eigenvalue weighted by Crippen LogP contribution is 2.29.